The van der Waals surface area contributed by atoms with Gasteiger partial charge in [0.25, 0.3) is 11.5 Å². The summed E-state index contributed by atoms with van der Waals surface area (Å²) in [7, 11) is 0. The minimum Gasteiger partial charge on any atom is -0.461 e. The van der Waals surface area contributed by atoms with Gasteiger partial charge in [-0.2, -0.15) is 21.1 Å². The van der Waals surface area contributed by atoms with Crippen molar-refractivity contribution in [3.8, 4) is 5.69 Å². The van der Waals surface area contributed by atoms with Gasteiger partial charge in [-0.3, -0.25) is 9.59 Å². The Hall–Kier alpha value is -3.37. The second kappa shape index (κ2) is 8.17. The standard InChI is InChI=1S/C20H14FN3O4S2/c1-2-28-20(27)16-14-10-30-18(22-17(25)11-7-8-29-9-11)15(14)19(26)24(23-16)13-5-3-12(21)4-6-13/h3-10H,2H2,1H3,(H,22,25). The minimum absolute atomic E-state index is 0.0666. The van der Waals surface area contributed by atoms with E-state index in [0.29, 0.717) is 5.56 Å². The summed E-state index contributed by atoms with van der Waals surface area (Å²) in [6.07, 6.45) is 0. The Labute approximate surface area is 177 Å². The average molecular weight is 443 g/mol. The van der Waals surface area contributed by atoms with Gasteiger partial charge in [-0.15, -0.1) is 11.3 Å². The number of carbonyl (C=O) groups excluding carboxylic acids is 2. The number of hydrogen-bond acceptors (Lipinski definition) is 7. The Bertz CT molecular complexity index is 1290. The number of rotatable bonds is 5. The molecule has 0 aliphatic carbocycles. The topological polar surface area (TPSA) is 90.3 Å². The maximum atomic E-state index is 13.3. The summed E-state index contributed by atoms with van der Waals surface area (Å²) in [6, 6.07) is 6.79. The first-order valence-electron chi connectivity index (χ1n) is 8.80. The van der Waals surface area contributed by atoms with Crippen LogP contribution in [0.5, 0.6) is 0 Å². The van der Waals surface area contributed by atoms with Crippen LogP contribution in [0.1, 0.15) is 27.8 Å². The van der Waals surface area contributed by atoms with E-state index >= 15 is 0 Å². The third kappa shape index (κ3) is 3.62. The van der Waals surface area contributed by atoms with Gasteiger partial charge in [0.1, 0.15) is 10.8 Å². The van der Waals surface area contributed by atoms with Crippen LogP contribution in [-0.2, 0) is 4.74 Å². The number of thiophene rings is 2. The summed E-state index contributed by atoms with van der Waals surface area (Å²) in [6.45, 7) is 1.79. The van der Waals surface area contributed by atoms with Crippen molar-refractivity contribution in [1.82, 2.24) is 9.78 Å². The highest BCUT2D eigenvalue weighted by molar-refractivity contribution is 7.16. The molecule has 4 aromatic rings. The molecule has 0 fully saturated rings. The first kappa shape index (κ1) is 19.9. The van der Waals surface area contributed by atoms with Gasteiger partial charge in [-0.05, 0) is 42.6 Å². The lowest BCUT2D eigenvalue weighted by atomic mass is 10.2. The van der Waals surface area contributed by atoms with E-state index in [0.717, 1.165) is 16.0 Å². The molecule has 152 valence electrons. The zero-order valence-electron chi connectivity index (χ0n) is 15.5. The second-order valence-corrected chi connectivity index (χ2v) is 7.74. The summed E-state index contributed by atoms with van der Waals surface area (Å²) in [5.74, 6) is -1.55. The van der Waals surface area contributed by atoms with E-state index < -0.39 is 17.3 Å². The average Bonchev–Trinajstić information content (AvgIpc) is 3.40. The molecule has 0 radical (unpaired) electrons. The van der Waals surface area contributed by atoms with Gasteiger partial charge in [-0.1, -0.05) is 0 Å². The predicted octanol–water partition coefficient (Wildman–Crippen LogP) is 4.08. The van der Waals surface area contributed by atoms with E-state index in [9.17, 15) is 18.8 Å². The minimum atomic E-state index is -0.702. The molecule has 3 heterocycles. The summed E-state index contributed by atoms with van der Waals surface area (Å²) >= 11 is 2.48. The van der Waals surface area contributed by atoms with Crippen LogP contribution in [0.3, 0.4) is 0 Å². The van der Waals surface area contributed by atoms with E-state index in [-0.39, 0.29) is 39.7 Å². The largest absolute Gasteiger partial charge is 0.461 e. The van der Waals surface area contributed by atoms with E-state index in [1.54, 1.807) is 29.1 Å². The number of esters is 1. The fourth-order valence-corrected chi connectivity index (χ4v) is 4.39. The lowest BCUT2D eigenvalue weighted by Gasteiger charge is -2.10. The molecular weight excluding hydrogens is 429 g/mol. The molecule has 0 spiro atoms. The summed E-state index contributed by atoms with van der Waals surface area (Å²) in [4.78, 5) is 38.2. The van der Waals surface area contributed by atoms with Crippen LogP contribution >= 0.6 is 22.7 Å². The highest BCUT2D eigenvalue weighted by Crippen LogP contribution is 2.31. The van der Waals surface area contributed by atoms with Gasteiger partial charge < -0.3 is 10.1 Å². The predicted molar refractivity (Wildman–Crippen MR) is 113 cm³/mol. The molecule has 3 aromatic heterocycles. The van der Waals surface area contributed by atoms with Gasteiger partial charge in [0.15, 0.2) is 5.69 Å². The maximum Gasteiger partial charge on any atom is 0.359 e. The number of hydrogen-bond donors (Lipinski definition) is 1. The quantitative estimate of drug-likeness (QED) is 0.470. The first-order chi connectivity index (χ1) is 14.5. The van der Waals surface area contributed by atoms with Crippen LogP contribution in [0, 0.1) is 5.82 Å². The Morgan fingerprint density at radius 1 is 1.20 bits per heavy atom. The molecule has 30 heavy (non-hydrogen) atoms. The molecule has 0 saturated heterocycles. The lowest BCUT2D eigenvalue weighted by molar-refractivity contribution is 0.0520. The third-order valence-electron chi connectivity index (χ3n) is 4.20. The Morgan fingerprint density at radius 3 is 2.63 bits per heavy atom. The molecule has 1 N–H and O–H groups in total. The number of ether oxygens (including phenoxy) is 1. The lowest BCUT2D eigenvalue weighted by Crippen LogP contribution is -2.25. The van der Waals surface area contributed by atoms with Crippen molar-refractivity contribution in [2.24, 2.45) is 0 Å². The Morgan fingerprint density at radius 2 is 1.97 bits per heavy atom. The van der Waals surface area contributed by atoms with Gasteiger partial charge in [-0.25, -0.2) is 9.18 Å². The molecule has 0 unspecified atom stereocenters. The zero-order valence-corrected chi connectivity index (χ0v) is 17.2. The molecule has 10 heteroatoms. The highest BCUT2D eigenvalue weighted by atomic mass is 32.1. The van der Waals surface area contributed by atoms with Crippen molar-refractivity contribution in [2.45, 2.75) is 6.92 Å². The highest BCUT2D eigenvalue weighted by Gasteiger charge is 2.23. The van der Waals surface area contributed by atoms with Gasteiger partial charge in [0.2, 0.25) is 0 Å². The molecule has 0 saturated carbocycles. The number of halogens is 1. The first-order valence-corrected chi connectivity index (χ1v) is 10.6. The summed E-state index contributed by atoms with van der Waals surface area (Å²) < 4.78 is 19.4. The van der Waals surface area contributed by atoms with E-state index in [1.165, 1.54) is 35.6 Å². The van der Waals surface area contributed by atoms with E-state index in [2.05, 4.69) is 10.4 Å². The molecule has 0 aliphatic rings. The van der Waals surface area contributed by atoms with Crippen molar-refractivity contribution in [1.29, 1.82) is 0 Å². The monoisotopic (exact) mass is 443 g/mol. The van der Waals surface area contributed by atoms with Gasteiger partial charge in [0.05, 0.1) is 23.2 Å². The molecule has 0 aliphatic heterocycles. The number of amides is 1. The van der Waals surface area contributed by atoms with Crippen molar-refractivity contribution < 1.29 is 18.7 Å². The number of benzene rings is 1. The third-order valence-corrected chi connectivity index (χ3v) is 5.78. The van der Waals surface area contributed by atoms with Crippen molar-refractivity contribution >= 4 is 50.3 Å². The van der Waals surface area contributed by atoms with Crippen LogP contribution in [0.25, 0.3) is 16.5 Å². The molecule has 0 atom stereocenters. The number of anilines is 1. The fraction of sp³-hybridized carbons (Fsp3) is 0.100. The fourth-order valence-electron chi connectivity index (χ4n) is 2.82. The van der Waals surface area contributed by atoms with Crippen LogP contribution in [0.4, 0.5) is 9.39 Å². The summed E-state index contributed by atoms with van der Waals surface area (Å²) in [5, 5.41) is 12.6. The van der Waals surface area contributed by atoms with Crippen LogP contribution in [-0.4, -0.2) is 28.3 Å². The molecule has 1 aromatic carbocycles. The van der Waals surface area contributed by atoms with E-state index in [1.807, 2.05) is 0 Å². The number of nitrogens with zero attached hydrogens (tertiary/aromatic N) is 2. The van der Waals surface area contributed by atoms with Crippen molar-refractivity contribution in [2.75, 3.05) is 11.9 Å². The number of fused-ring (bicyclic) bond motifs is 1. The van der Waals surface area contributed by atoms with Gasteiger partial charge in [0, 0.05) is 16.1 Å². The molecule has 0 bridgehead atoms. The maximum absolute atomic E-state index is 13.3. The van der Waals surface area contributed by atoms with E-state index in [4.69, 9.17) is 4.74 Å². The van der Waals surface area contributed by atoms with Crippen LogP contribution < -0.4 is 10.9 Å². The van der Waals surface area contributed by atoms with Crippen molar-refractivity contribution in [3.05, 3.63) is 73.9 Å². The number of nitrogens with one attached hydrogen (secondary N) is 1. The SMILES string of the molecule is CCOC(=O)c1nn(-c2ccc(F)cc2)c(=O)c2c(NC(=O)c3ccsc3)scc12. The van der Waals surface area contributed by atoms with Crippen LogP contribution in [0.15, 0.2) is 51.3 Å². The van der Waals surface area contributed by atoms with Gasteiger partial charge >= 0.3 is 5.97 Å². The second-order valence-electron chi connectivity index (χ2n) is 6.08. The van der Waals surface area contributed by atoms with Crippen LogP contribution in [0.2, 0.25) is 0 Å². The molecular formula is C20H14FN3O4S2. The normalized spacial score (nSPS) is 10.9. The molecule has 1 amide bonds. The zero-order chi connectivity index (χ0) is 21.3. The Balaban J connectivity index is 1.91. The number of carbonyl (C=O) groups is 2. The van der Waals surface area contributed by atoms with Crippen molar-refractivity contribution in [3.63, 3.8) is 0 Å². The smallest absolute Gasteiger partial charge is 0.359 e. The number of aromatic nitrogens is 2. The Kier molecular flexibility index (Phi) is 5.42. The molecule has 7 nitrogen and oxygen atoms in total. The molecule has 4 rings (SSSR count). The summed E-state index contributed by atoms with van der Waals surface area (Å²) in [5.41, 5.74) is 0.116.